The molecule has 2 aromatic carbocycles. The molecule has 0 atom stereocenters. The molecule has 0 aliphatic heterocycles. The van der Waals surface area contributed by atoms with E-state index >= 15 is 0 Å². The third-order valence-corrected chi connectivity index (χ3v) is 5.80. The molecule has 0 aliphatic carbocycles. The average Bonchev–Trinajstić information content (AvgIpc) is 3.18. The highest BCUT2D eigenvalue weighted by Gasteiger charge is 2.35. The van der Waals surface area contributed by atoms with Crippen molar-refractivity contribution in [3.8, 4) is 16.9 Å². The van der Waals surface area contributed by atoms with Crippen molar-refractivity contribution in [1.82, 2.24) is 9.78 Å². The molecule has 3 rings (SSSR count). The second-order valence-electron chi connectivity index (χ2n) is 6.93. The summed E-state index contributed by atoms with van der Waals surface area (Å²) >= 11 is 0. The number of hydrogen-bond donors (Lipinski definition) is 2. The minimum absolute atomic E-state index is 0.153. The van der Waals surface area contributed by atoms with E-state index in [9.17, 15) is 21.6 Å². The van der Waals surface area contributed by atoms with Crippen LogP contribution >= 0.6 is 0 Å². The predicted molar refractivity (Wildman–Crippen MR) is 112 cm³/mol. The zero-order chi connectivity index (χ0) is 23.0. The first-order valence-electron chi connectivity index (χ1n) is 9.30. The molecule has 0 saturated heterocycles. The Morgan fingerprint density at radius 2 is 1.74 bits per heavy atom. The molecule has 1 heterocycles. The maximum absolute atomic E-state index is 13.5. The van der Waals surface area contributed by atoms with Crippen molar-refractivity contribution in [2.75, 3.05) is 18.5 Å². The quantitative estimate of drug-likeness (QED) is 0.596. The number of nitrogens with zero attached hydrogens (tertiary/aromatic N) is 3. The minimum Gasteiger partial charge on any atom is -0.374 e. The van der Waals surface area contributed by atoms with E-state index in [1.807, 2.05) is 24.9 Å². The summed E-state index contributed by atoms with van der Waals surface area (Å²) in [6, 6.07) is 11.4. The number of halogens is 3. The number of hydrogen-bond acceptors (Lipinski definition) is 5. The average molecular weight is 453 g/mol. The lowest BCUT2D eigenvalue weighted by Crippen LogP contribution is -2.17. The third kappa shape index (κ3) is 4.73. The molecule has 0 unspecified atom stereocenters. The number of rotatable bonds is 6. The van der Waals surface area contributed by atoms with Crippen LogP contribution in [0.5, 0.6) is 0 Å². The third-order valence-electron chi connectivity index (χ3n) is 4.87. The summed E-state index contributed by atoms with van der Waals surface area (Å²) in [6.45, 7) is 2.82. The van der Waals surface area contributed by atoms with Crippen LogP contribution in [0.2, 0.25) is 0 Å². The molecule has 0 saturated carbocycles. The Morgan fingerprint density at radius 1 is 1.10 bits per heavy atom. The Kier molecular flexibility index (Phi) is 6.12. The molecule has 0 aliphatic rings. The Bertz CT molecular complexity index is 1190. The number of primary sulfonamides is 1. The summed E-state index contributed by atoms with van der Waals surface area (Å²) in [4.78, 5) is 1.74. The number of benzene rings is 2. The zero-order valence-corrected chi connectivity index (χ0v) is 17.7. The van der Waals surface area contributed by atoms with Gasteiger partial charge in [0.15, 0.2) is 5.69 Å². The van der Waals surface area contributed by atoms with Crippen molar-refractivity contribution in [2.45, 2.75) is 24.5 Å². The van der Waals surface area contributed by atoms with Crippen LogP contribution in [-0.2, 0) is 22.7 Å². The van der Waals surface area contributed by atoms with Crippen LogP contribution in [0, 0.1) is 0 Å². The molecule has 3 aromatic rings. The van der Waals surface area contributed by atoms with Crippen LogP contribution in [-0.4, -0.2) is 31.8 Å². The summed E-state index contributed by atoms with van der Waals surface area (Å²) < 4.78 is 64.6. The van der Waals surface area contributed by atoms with Gasteiger partial charge in [0.2, 0.25) is 10.0 Å². The van der Waals surface area contributed by atoms with Crippen molar-refractivity contribution in [2.24, 2.45) is 10.9 Å². The normalized spacial score (nSPS) is 12.2. The Morgan fingerprint density at radius 3 is 2.26 bits per heavy atom. The van der Waals surface area contributed by atoms with Gasteiger partial charge in [0, 0.05) is 31.4 Å². The SMILES string of the molecule is CCN(C)c1cc(CN)ccc1-c1cc(C(F)(F)F)nn1-c1ccc(S(N)(=O)=O)cc1. The molecule has 11 heteroatoms. The van der Waals surface area contributed by atoms with Crippen LogP contribution in [0.25, 0.3) is 16.9 Å². The number of alkyl halides is 3. The summed E-state index contributed by atoms with van der Waals surface area (Å²) in [5, 5.41) is 8.87. The zero-order valence-electron chi connectivity index (χ0n) is 16.9. The molecule has 0 radical (unpaired) electrons. The first kappa shape index (κ1) is 22.8. The summed E-state index contributed by atoms with van der Waals surface area (Å²) in [5.74, 6) is 0. The lowest BCUT2D eigenvalue weighted by molar-refractivity contribution is -0.141. The van der Waals surface area contributed by atoms with Crippen LogP contribution in [0.15, 0.2) is 53.4 Å². The molecule has 0 amide bonds. The second kappa shape index (κ2) is 8.33. The van der Waals surface area contributed by atoms with E-state index in [0.29, 0.717) is 17.8 Å². The summed E-state index contributed by atoms with van der Waals surface area (Å²) in [7, 11) is -2.11. The first-order chi connectivity index (χ1) is 14.5. The molecule has 7 nitrogen and oxygen atoms in total. The molecule has 0 fully saturated rings. The van der Waals surface area contributed by atoms with Crippen molar-refractivity contribution in [3.05, 3.63) is 59.8 Å². The Balaban J connectivity index is 2.25. The highest BCUT2D eigenvalue weighted by Crippen LogP contribution is 2.37. The standard InChI is InChI=1S/C20H22F3N5O2S/c1-3-27(2)17-10-13(12-24)4-9-16(17)18-11-19(20(21,22)23)26-28(18)14-5-7-15(8-6-14)31(25,29)30/h4-11H,3,12,24H2,1-2H3,(H2,25,29,30). The monoisotopic (exact) mass is 453 g/mol. The maximum atomic E-state index is 13.5. The van der Waals surface area contributed by atoms with Crippen LogP contribution in [0.3, 0.4) is 0 Å². The van der Waals surface area contributed by atoms with Crippen LogP contribution < -0.4 is 15.8 Å². The van der Waals surface area contributed by atoms with Gasteiger partial charge in [-0.15, -0.1) is 0 Å². The van der Waals surface area contributed by atoms with Crippen molar-refractivity contribution in [3.63, 3.8) is 0 Å². The van der Waals surface area contributed by atoms with E-state index in [1.54, 1.807) is 12.1 Å². The lowest BCUT2D eigenvalue weighted by Gasteiger charge is -2.22. The predicted octanol–water partition coefficient (Wildman–Crippen LogP) is 3.12. The number of anilines is 1. The number of aromatic nitrogens is 2. The van der Waals surface area contributed by atoms with E-state index in [-0.39, 0.29) is 22.8 Å². The molecule has 4 N–H and O–H groups in total. The Labute approximate surface area is 178 Å². The molecule has 1 aromatic heterocycles. The van der Waals surface area contributed by atoms with E-state index < -0.39 is 21.9 Å². The second-order valence-corrected chi connectivity index (χ2v) is 8.49. The van der Waals surface area contributed by atoms with Gasteiger partial charge in [-0.2, -0.15) is 18.3 Å². The van der Waals surface area contributed by atoms with Crippen molar-refractivity contribution < 1.29 is 21.6 Å². The number of nitrogens with two attached hydrogens (primary N) is 2. The smallest absolute Gasteiger partial charge is 0.374 e. The molecule has 31 heavy (non-hydrogen) atoms. The molecule has 0 bridgehead atoms. The minimum atomic E-state index is -4.66. The maximum Gasteiger partial charge on any atom is 0.435 e. The van der Waals surface area contributed by atoms with E-state index in [1.165, 1.54) is 24.3 Å². The molecule has 0 spiro atoms. The summed E-state index contributed by atoms with van der Waals surface area (Å²) in [6.07, 6.45) is -4.66. The molecule has 166 valence electrons. The van der Waals surface area contributed by atoms with Crippen molar-refractivity contribution in [1.29, 1.82) is 0 Å². The van der Waals surface area contributed by atoms with Crippen LogP contribution in [0.4, 0.5) is 18.9 Å². The lowest BCUT2D eigenvalue weighted by atomic mass is 10.0. The van der Waals surface area contributed by atoms with Gasteiger partial charge < -0.3 is 10.6 Å². The highest BCUT2D eigenvalue weighted by atomic mass is 32.2. The van der Waals surface area contributed by atoms with Gasteiger partial charge in [0.1, 0.15) is 0 Å². The van der Waals surface area contributed by atoms with Gasteiger partial charge in [0.25, 0.3) is 0 Å². The number of sulfonamides is 1. The first-order valence-corrected chi connectivity index (χ1v) is 10.8. The highest BCUT2D eigenvalue weighted by molar-refractivity contribution is 7.89. The molecular weight excluding hydrogens is 431 g/mol. The Hall–Kier alpha value is -2.89. The van der Waals surface area contributed by atoms with Gasteiger partial charge >= 0.3 is 6.18 Å². The fraction of sp³-hybridized carbons (Fsp3) is 0.250. The fourth-order valence-corrected chi connectivity index (χ4v) is 3.61. The van der Waals surface area contributed by atoms with Crippen LogP contribution in [0.1, 0.15) is 18.2 Å². The topological polar surface area (TPSA) is 107 Å². The van der Waals surface area contributed by atoms with E-state index in [0.717, 1.165) is 16.3 Å². The van der Waals surface area contributed by atoms with Gasteiger partial charge in [-0.1, -0.05) is 12.1 Å². The van der Waals surface area contributed by atoms with E-state index in [2.05, 4.69) is 5.10 Å². The van der Waals surface area contributed by atoms with Gasteiger partial charge in [-0.3, -0.25) is 0 Å². The fourth-order valence-electron chi connectivity index (χ4n) is 3.09. The largest absolute Gasteiger partial charge is 0.435 e. The van der Waals surface area contributed by atoms with E-state index in [4.69, 9.17) is 10.9 Å². The van der Waals surface area contributed by atoms with Gasteiger partial charge in [-0.25, -0.2) is 18.2 Å². The van der Waals surface area contributed by atoms with Crippen molar-refractivity contribution >= 4 is 15.7 Å². The molecular formula is C20H22F3N5O2S. The van der Waals surface area contributed by atoms with Gasteiger partial charge in [-0.05, 0) is 48.9 Å². The summed E-state index contributed by atoms with van der Waals surface area (Å²) in [5.41, 5.74) is 7.19. The van der Waals surface area contributed by atoms with Gasteiger partial charge in [0.05, 0.1) is 16.3 Å².